The maximum Gasteiger partial charge on any atom is 0.437 e. The number of amides is 2. The van der Waals surface area contributed by atoms with Crippen LogP contribution in [-0.2, 0) is 20.9 Å². The average molecular weight is 465 g/mol. The van der Waals surface area contributed by atoms with Crippen molar-refractivity contribution in [1.82, 2.24) is 15.1 Å². The van der Waals surface area contributed by atoms with Gasteiger partial charge in [-0.25, -0.2) is 9.18 Å². The fraction of sp³-hybridized carbons (Fsp3) is 0.150. The molecular weight excluding hydrogens is 451 g/mol. The SMILES string of the molecule is O=C(COC(=O)Cn1nc(-c2ccc(F)cc2)oc1=O)NC(=O)c1ccc(OC(F)F)cc1. The third-order valence-electron chi connectivity index (χ3n) is 3.94. The predicted octanol–water partition coefficient (Wildman–Crippen LogP) is 1.74. The summed E-state index contributed by atoms with van der Waals surface area (Å²) in [5.74, 6) is -4.67. The number of hydrogen-bond donors (Lipinski definition) is 1. The number of rotatable bonds is 8. The van der Waals surface area contributed by atoms with E-state index >= 15 is 0 Å². The molecule has 0 unspecified atom stereocenters. The second kappa shape index (κ2) is 10.3. The Bertz CT molecular complexity index is 1200. The monoisotopic (exact) mass is 465 g/mol. The zero-order valence-corrected chi connectivity index (χ0v) is 16.5. The predicted molar refractivity (Wildman–Crippen MR) is 103 cm³/mol. The number of ether oxygens (including phenoxy) is 2. The summed E-state index contributed by atoms with van der Waals surface area (Å²) in [6, 6.07) is 9.45. The van der Waals surface area contributed by atoms with E-state index in [4.69, 9.17) is 9.15 Å². The van der Waals surface area contributed by atoms with Crippen molar-refractivity contribution in [1.29, 1.82) is 0 Å². The number of hydrogen-bond acceptors (Lipinski definition) is 8. The minimum Gasteiger partial charge on any atom is -0.454 e. The third kappa shape index (κ3) is 6.53. The molecule has 1 N–H and O–H groups in total. The number of nitrogens with zero attached hydrogens (tertiary/aromatic N) is 2. The molecule has 0 spiro atoms. The van der Waals surface area contributed by atoms with Crippen molar-refractivity contribution in [2.45, 2.75) is 13.2 Å². The molecule has 10 nitrogen and oxygen atoms in total. The summed E-state index contributed by atoms with van der Waals surface area (Å²) in [6.07, 6.45) is 0. The highest BCUT2D eigenvalue weighted by Crippen LogP contribution is 2.16. The summed E-state index contributed by atoms with van der Waals surface area (Å²) in [7, 11) is 0. The first-order valence-corrected chi connectivity index (χ1v) is 9.10. The van der Waals surface area contributed by atoms with Crippen LogP contribution in [0.25, 0.3) is 11.5 Å². The van der Waals surface area contributed by atoms with E-state index in [0.717, 1.165) is 36.4 Å². The van der Waals surface area contributed by atoms with Crippen molar-refractivity contribution in [2.24, 2.45) is 0 Å². The van der Waals surface area contributed by atoms with E-state index in [1.807, 2.05) is 5.32 Å². The molecule has 0 bridgehead atoms. The topological polar surface area (TPSA) is 130 Å². The number of halogens is 3. The molecule has 1 heterocycles. The first kappa shape index (κ1) is 23.2. The lowest BCUT2D eigenvalue weighted by molar-refractivity contribution is -0.149. The number of imide groups is 1. The van der Waals surface area contributed by atoms with E-state index in [1.54, 1.807) is 0 Å². The lowest BCUT2D eigenvalue weighted by Gasteiger charge is -2.07. The van der Waals surface area contributed by atoms with Gasteiger partial charge < -0.3 is 13.9 Å². The molecule has 0 atom stereocenters. The van der Waals surface area contributed by atoms with Gasteiger partial charge in [0.05, 0.1) is 0 Å². The van der Waals surface area contributed by atoms with E-state index in [9.17, 15) is 32.3 Å². The molecule has 0 saturated carbocycles. The Labute approximate surface area is 182 Å². The zero-order valence-electron chi connectivity index (χ0n) is 16.5. The van der Waals surface area contributed by atoms with Gasteiger partial charge >= 0.3 is 18.3 Å². The van der Waals surface area contributed by atoms with Crippen LogP contribution >= 0.6 is 0 Å². The summed E-state index contributed by atoms with van der Waals surface area (Å²) in [5, 5.41) is 5.73. The highest BCUT2D eigenvalue weighted by molar-refractivity contribution is 6.05. The molecule has 3 aromatic rings. The van der Waals surface area contributed by atoms with Gasteiger partial charge in [0, 0.05) is 11.1 Å². The van der Waals surface area contributed by atoms with Crippen molar-refractivity contribution in [3.8, 4) is 17.2 Å². The molecule has 172 valence electrons. The van der Waals surface area contributed by atoms with Crippen LogP contribution in [0.3, 0.4) is 0 Å². The third-order valence-corrected chi connectivity index (χ3v) is 3.94. The van der Waals surface area contributed by atoms with E-state index < -0.39 is 49.1 Å². The van der Waals surface area contributed by atoms with Gasteiger partial charge in [-0.05, 0) is 48.5 Å². The molecule has 33 heavy (non-hydrogen) atoms. The minimum atomic E-state index is -3.02. The van der Waals surface area contributed by atoms with Gasteiger partial charge in [-0.1, -0.05) is 0 Å². The molecule has 0 aliphatic heterocycles. The minimum absolute atomic E-state index is 0.0289. The van der Waals surface area contributed by atoms with Crippen LogP contribution in [0, 0.1) is 5.82 Å². The van der Waals surface area contributed by atoms with Gasteiger partial charge in [-0.2, -0.15) is 13.5 Å². The number of aromatic nitrogens is 2. The van der Waals surface area contributed by atoms with Crippen LogP contribution in [0.1, 0.15) is 10.4 Å². The Hall–Kier alpha value is -4.42. The van der Waals surface area contributed by atoms with Gasteiger partial charge in [0.1, 0.15) is 18.1 Å². The van der Waals surface area contributed by atoms with E-state index in [1.165, 1.54) is 12.1 Å². The lowest BCUT2D eigenvalue weighted by atomic mass is 10.2. The molecular formula is C20H14F3N3O7. The van der Waals surface area contributed by atoms with Crippen LogP contribution in [0.2, 0.25) is 0 Å². The summed E-state index contributed by atoms with van der Waals surface area (Å²) < 4.78 is 51.6. The van der Waals surface area contributed by atoms with Crippen molar-refractivity contribution >= 4 is 17.8 Å². The van der Waals surface area contributed by atoms with Gasteiger partial charge in [0.2, 0.25) is 5.89 Å². The molecule has 0 fully saturated rings. The van der Waals surface area contributed by atoms with Gasteiger partial charge in [-0.3, -0.25) is 19.7 Å². The largest absolute Gasteiger partial charge is 0.454 e. The Morgan fingerprint density at radius 2 is 1.73 bits per heavy atom. The Morgan fingerprint density at radius 1 is 1.06 bits per heavy atom. The van der Waals surface area contributed by atoms with Crippen LogP contribution < -0.4 is 15.8 Å². The Morgan fingerprint density at radius 3 is 2.36 bits per heavy atom. The molecule has 0 aliphatic rings. The van der Waals surface area contributed by atoms with Gasteiger partial charge in [0.15, 0.2) is 6.61 Å². The van der Waals surface area contributed by atoms with Crippen molar-refractivity contribution in [3.63, 3.8) is 0 Å². The summed E-state index contributed by atoms with van der Waals surface area (Å²) in [4.78, 5) is 47.5. The molecule has 13 heteroatoms. The lowest BCUT2D eigenvalue weighted by Crippen LogP contribution is -2.35. The summed E-state index contributed by atoms with van der Waals surface area (Å²) >= 11 is 0. The first-order chi connectivity index (χ1) is 15.7. The van der Waals surface area contributed by atoms with Crippen LogP contribution in [0.5, 0.6) is 5.75 Å². The quantitative estimate of drug-likeness (QED) is 0.498. The number of carbonyl (C=O) groups is 3. The average Bonchev–Trinajstić information content (AvgIpc) is 3.13. The normalized spacial score (nSPS) is 10.7. The molecule has 1 aromatic heterocycles. The zero-order chi connectivity index (χ0) is 24.0. The molecule has 0 radical (unpaired) electrons. The summed E-state index contributed by atoms with van der Waals surface area (Å²) in [6.45, 7) is -4.55. The highest BCUT2D eigenvalue weighted by atomic mass is 19.3. The fourth-order valence-corrected chi connectivity index (χ4v) is 2.45. The number of alkyl halides is 2. The fourth-order valence-electron chi connectivity index (χ4n) is 2.45. The number of benzene rings is 2. The molecule has 3 rings (SSSR count). The number of carbonyl (C=O) groups excluding carboxylic acids is 3. The molecule has 0 saturated heterocycles. The Balaban J connectivity index is 1.49. The highest BCUT2D eigenvalue weighted by Gasteiger charge is 2.17. The van der Waals surface area contributed by atoms with Crippen molar-refractivity contribution in [2.75, 3.05) is 6.61 Å². The summed E-state index contributed by atoms with van der Waals surface area (Å²) in [5.41, 5.74) is 0.270. The maximum atomic E-state index is 13.0. The maximum absolute atomic E-state index is 13.0. The van der Waals surface area contributed by atoms with E-state index in [2.05, 4.69) is 9.84 Å². The van der Waals surface area contributed by atoms with Crippen molar-refractivity contribution < 1.29 is 41.4 Å². The standard InChI is InChI=1S/C20H14F3N3O7/c21-13-5-1-12(2-6-13)18-25-26(20(30)33-18)9-16(28)31-10-15(27)24-17(29)11-3-7-14(8-4-11)32-19(22)23/h1-8,19H,9-10H2,(H,24,27,29). The second-order valence-corrected chi connectivity index (χ2v) is 6.28. The molecule has 2 amide bonds. The van der Waals surface area contributed by atoms with Crippen LogP contribution in [-0.4, -0.2) is 40.8 Å². The van der Waals surface area contributed by atoms with Gasteiger partial charge in [-0.15, -0.1) is 5.10 Å². The van der Waals surface area contributed by atoms with Gasteiger partial charge in [0.25, 0.3) is 11.8 Å². The van der Waals surface area contributed by atoms with E-state index in [0.29, 0.717) is 10.2 Å². The number of nitrogens with one attached hydrogen (secondary N) is 1. The molecule has 0 aliphatic carbocycles. The second-order valence-electron chi connectivity index (χ2n) is 6.28. The smallest absolute Gasteiger partial charge is 0.437 e. The molecule has 2 aromatic carbocycles. The van der Waals surface area contributed by atoms with Crippen LogP contribution in [0.15, 0.2) is 57.7 Å². The van der Waals surface area contributed by atoms with Crippen molar-refractivity contribution in [3.05, 3.63) is 70.5 Å². The van der Waals surface area contributed by atoms with Crippen LogP contribution in [0.4, 0.5) is 13.2 Å². The van der Waals surface area contributed by atoms with E-state index in [-0.39, 0.29) is 17.2 Å². The number of esters is 1. The first-order valence-electron chi connectivity index (χ1n) is 9.10. The Kier molecular flexibility index (Phi) is 7.23.